The van der Waals surface area contributed by atoms with Crippen LogP contribution in [0.2, 0.25) is 0 Å². The van der Waals surface area contributed by atoms with Gasteiger partial charge in [-0.15, -0.1) is 0 Å². The smallest absolute Gasteiger partial charge is 0.223 e. The minimum absolute atomic E-state index is 0.217. The van der Waals surface area contributed by atoms with Crippen LogP contribution in [0.1, 0.15) is 12.0 Å². The van der Waals surface area contributed by atoms with Crippen LogP contribution in [0.3, 0.4) is 0 Å². The molecule has 166 valence electrons. The maximum absolute atomic E-state index is 13.0. The van der Waals surface area contributed by atoms with Crippen LogP contribution >= 0.6 is 0 Å². The number of benzene rings is 3. The maximum atomic E-state index is 13.0. The average molecular weight is 437 g/mol. The van der Waals surface area contributed by atoms with Crippen LogP contribution in [0.4, 0.5) is 5.69 Å². The van der Waals surface area contributed by atoms with E-state index < -0.39 is 0 Å². The van der Waals surface area contributed by atoms with Crippen LogP contribution < -0.4 is 4.90 Å². The highest BCUT2D eigenvalue weighted by Crippen LogP contribution is 2.25. The first-order valence-electron chi connectivity index (χ1n) is 11.5. The van der Waals surface area contributed by atoms with Gasteiger partial charge in [0.2, 0.25) is 5.91 Å². The molecule has 3 aromatic carbocycles. The number of anilines is 1. The second-order valence-corrected chi connectivity index (χ2v) is 8.35. The topological polar surface area (TPSA) is 41.4 Å². The van der Waals surface area contributed by atoms with E-state index in [2.05, 4.69) is 47.5 Å². The molecular weight excluding hydrogens is 408 g/mol. The molecule has 0 saturated carbocycles. The Morgan fingerprint density at radius 1 is 0.727 bits per heavy atom. The molecule has 0 spiro atoms. The molecule has 5 heteroatoms. The number of aryl methyl sites for hydroxylation is 1. The highest BCUT2D eigenvalue weighted by atomic mass is 16.2. The Kier molecular flexibility index (Phi) is 6.20. The van der Waals surface area contributed by atoms with Gasteiger partial charge in [0, 0.05) is 50.0 Å². The fraction of sp³-hybridized carbons (Fsp3) is 0.214. The molecule has 5 nitrogen and oxygen atoms in total. The number of nitrogens with zero attached hydrogens (tertiary/aromatic N) is 4. The van der Waals surface area contributed by atoms with Crippen molar-refractivity contribution >= 4 is 11.6 Å². The molecule has 1 saturated heterocycles. The first kappa shape index (κ1) is 21.0. The van der Waals surface area contributed by atoms with Gasteiger partial charge < -0.3 is 9.80 Å². The van der Waals surface area contributed by atoms with E-state index in [9.17, 15) is 4.79 Å². The number of amides is 1. The minimum atomic E-state index is 0.217. The van der Waals surface area contributed by atoms with Crippen molar-refractivity contribution in [1.82, 2.24) is 14.7 Å². The number of rotatable bonds is 6. The van der Waals surface area contributed by atoms with E-state index in [-0.39, 0.29) is 5.91 Å². The number of para-hydroxylation sites is 2. The van der Waals surface area contributed by atoms with E-state index in [1.165, 1.54) is 5.69 Å². The van der Waals surface area contributed by atoms with Crippen molar-refractivity contribution in [2.45, 2.75) is 12.8 Å². The summed E-state index contributed by atoms with van der Waals surface area (Å²) in [5, 5.41) is 4.87. The Bertz CT molecular complexity index is 1180. The molecule has 0 radical (unpaired) electrons. The van der Waals surface area contributed by atoms with E-state index in [1.54, 1.807) is 0 Å². The summed E-state index contributed by atoms with van der Waals surface area (Å²) >= 11 is 0. The second-order valence-electron chi connectivity index (χ2n) is 8.35. The summed E-state index contributed by atoms with van der Waals surface area (Å²) in [5.41, 5.74) is 5.36. The molecule has 5 rings (SSSR count). The third-order valence-corrected chi connectivity index (χ3v) is 6.22. The number of aromatic nitrogens is 2. The molecule has 4 aromatic rings. The van der Waals surface area contributed by atoms with Gasteiger partial charge in [-0.05, 0) is 36.2 Å². The number of hydrogen-bond acceptors (Lipinski definition) is 3. The summed E-state index contributed by atoms with van der Waals surface area (Å²) in [7, 11) is 0. The van der Waals surface area contributed by atoms with Crippen molar-refractivity contribution in [2.75, 3.05) is 31.1 Å². The van der Waals surface area contributed by atoms with Gasteiger partial charge in [-0.1, -0.05) is 66.7 Å². The molecule has 0 aliphatic carbocycles. The lowest BCUT2D eigenvalue weighted by Gasteiger charge is -2.36. The van der Waals surface area contributed by atoms with Crippen LogP contribution in [0, 0.1) is 0 Å². The molecule has 1 aliphatic heterocycles. The Balaban J connectivity index is 1.27. The summed E-state index contributed by atoms with van der Waals surface area (Å²) < 4.78 is 1.92. The first-order valence-corrected chi connectivity index (χ1v) is 11.5. The number of hydrogen-bond donors (Lipinski definition) is 0. The van der Waals surface area contributed by atoms with Crippen LogP contribution in [0.5, 0.6) is 0 Å². The predicted octanol–water partition coefficient (Wildman–Crippen LogP) is 4.82. The zero-order valence-corrected chi connectivity index (χ0v) is 18.7. The van der Waals surface area contributed by atoms with Gasteiger partial charge >= 0.3 is 0 Å². The van der Waals surface area contributed by atoms with Gasteiger partial charge in [0.25, 0.3) is 0 Å². The maximum Gasteiger partial charge on any atom is 0.223 e. The molecule has 0 N–H and O–H groups in total. The van der Waals surface area contributed by atoms with Gasteiger partial charge in [-0.3, -0.25) is 4.79 Å². The molecule has 1 aliphatic rings. The Labute approximate surface area is 194 Å². The van der Waals surface area contributed by atoms with Crippen molar-refractivity contribution in [1.29, 1.82) is 0 Å². The second kappa shape index (κ2) is 9.74. The predicted molar refractivity (Wildman–Crippen MR) is 133 cm³/mol. The number of carbonyl (C=O) groups excluding carboxylic acids is 1. The third kappa shape index (κ3) is 4.82. The molecule has 2 heterocycles. The van der Waals surface area contributed by atoms with E-state index in [0.717, 1.165) is 48.7 Å². The van der Waals surface area contributed by atoms with Crippen molar-refractivity contribution < 1.29 is 4.79 Å². The van der Waals surface area contributed by atoms with E-state index >= 15 is 0 Å². The SMILES string of the molecule is O=C(CCc1cn(-c2ccccc2)nc1-c1ccccc1)N1CCN(c2ccccc2)CC1. The van der Waals surface area contributed by atoms with Crippen molar-refractivity contribution in [3.63, 3.8) is 0 Å². The highest BCUT2D eigenvalue weighted by Gasteiger charge is 2.22. The Hall–Kier alpha value is -3.86. The zero-order chi connectivity index (χ0) is 22.5. The average Bonchev–Trinajstić information content (AvgIpc) is 3.33. The van der Waals surface area contributed by atoms with Crippen LogP contribution in [0.15, 0.2) is 97.2 Å². The van der Waals surface area contributed by atoms with E-state index in [4.69, 9.17) is 5.10 Å². The largest absolute Gasteiger partial charge is 0.368 e. The zero-order valence-electron chi connectivity index (χ0n) is 18.7. The van der Waals surface area contributed by atoms with E-state index in [0.29, 0.717) is 12.8 Å². The summed E-state index contributed by atoms with van der Waals surface area (Å²) in [4.78, 5) is 17.4. The van der Waals surface area contributed by atoms with Gasteiger partial charge in [0.15, 0.2) is 0 Å². The highest BCUT2D eigenvalue weighted by molar-refractivity contribution is 5.77. The summed E-state index contributed by atoms with van der Waals surface area (Å²) in [6.45, 7) is 3.28. The monoisotopic (exact) mass is 436 g/mol. The Morgan fingerprint density at radius 2 is 1.30 bits per heavy atom. The quantitative estimate of drug-likeness (QED) is 0.435. The lowest BCUT2D eigenvalue weighted by Crippen LogP contribution is -2.48. The molecular formula is C28H28N4O. The van der Waals surface area contributed by atoms with Gasteiger partial charge in [-0.25, -0.2) is 4.68 Å². The summed E-state index contributed by atoms with van der Waals surface area (Å²) in [5.74, 6) is 0.217. The van der Waals surface area contributed by atoms with Gasteiger partial charge in [0.05, 0.1) is 11.4 Å². The standard InChI is InChI=1S/C28H28N4O/c33-27(31-20-18-30(19-21-31)25-12-6-2-7-13-25)17-16-24-22-32(26-14-8-3-9-15-26)29-28(24)23-10-4-1-5-11-23/h1-15,22H,16-21H2. The van der Waals surface area contributed by atoms with Crippen LogP contribution in [0.25, 0.3) is 16.9 Å². The molecule has 1 fully saturated rings. The molecule has 1 amide bonds. The first-order chi connectivity index (χ1) is 16.3. The van der Waals surface area contributed by atoms with Gasteiger partial charge in [0.1, 0.15) is 0 Å². The molecule has 33 heavy (non-hydrogen) atoms. The van der Waals surface area contributed by atoms with Crippen molar-refractivity contribution in [3.8, 4) is 16.9 Å². The third-order valence-electron chi connectivity index (χ3n) is 6.22. The lowest BCUT2D eigenvalue weighted by atomic mass is 10.0. The molecule has 0 unspecified atom stereocenters. The Morgan fingerprint density at radius 3 is 1.94 bits per heavy atom. The minimum Gasteiger partial charge on any atom is -0.368 e. The fourth-order valence-electron chi connectivity index (χ4n) is 4.40. The summed E-state index contributed by atoms with van der Waals surface area (Å²) in [6.07, 6.45) is 3.23. The van der Waals surface area contributed by atoms with Gasteiger partial charge in [-0.2, -0.15) is 5.10 Å². The van der Waals surface area contributed by atoms with Crippen molar-refractivity contribution in [2.24, 2.45) is 0 Å². The molecule has 0 bridgehead atoms. The molecule has 1 aromatic heterocycles. The normalized spacial score (nSPS) is 13.8. The van der Waals surface area contributed by atoms with Crippen LogP contribution in [-0.4, -0.2) is 46.8 Å². The van der Waals surface area contributed by atoms with Crippen molar-refractivity contribution in [3.05, 3.63) is 103 Å². The fourth-order valence-corrected chi connectivity index (χ4v) is 4.40. The number of piperazine rings is 1. The summed E-state index contributed by atoms with van der Waals surface area (Å²) in [6, 6.07) is 30.7. The lowest BCUT2D eigenvalue weighted by molar-refractivity contribution is -0.131. The number of carbonyl (C=O) groups is 1. The van der Waals surface area contributed by atoms with Crippen LogP contribution in [-0.2, 0) is 11.2 Å². The van der Waals surface area contributed by atoms with E-state index in [1.807, 2.05) is 64.2 Å². The molecule has 0 atom stereocenters.